The van der Waals surface area contributed by atoms with Crippen LogP contribution in [0.3, 0.4) is 0 Å². The average molecular weight is 213 g/mol. The molecular formula is C13H15N3. The monoisotopic (exact) mass is 213 g/mol. The van der Waals surface area contributed by atoms with Gasteiger partial charge in [-0.15, -0.1) is 0 Å². The molecule has 1 aromatic heterocycles. The fourth-order valence-electron chi connectivity index (χ4n) is 2.48. The normalized spacial score (nSPS) is 19.6. The predicted molar refractivity (Wildman–Crippen MR) is 64.8 cm³/mol. The number of fused-ring (bicyclic) bond motifs is 1. The molecule has 16 heavy (non-hydrogen) atoms. The van der Waals surface area contributed by atoms with Crippen molar-refractivity contribution in [2.75, 3.05) is 18.5 Å². The highest BCUT2D eigenvalue weighted by Gasteiger charge is 2.25. The molecule has 1 atom stereocenters. The van der Waals surface area contributed by atoms with E-state index in [1.165, 1.54) is 11.3 Å². The van der Waals surface area contributed by atoms with Gasteiger partial charge in [-0.25, -0.2) is 4.98 Å². The van der Waals surface area contributed by atoms with Crippen molar-refractivity contribution in [3.8, 4) is 0 Å². The summed E-state index contributed by atoms with van der Waals surface area (Å²) in [5, 5.41) is 0. The summed E-state index contributed by atoms with van der Waals surface area (Å²) >= 11 is 0. The van der Waals surface area contributed by atoms with E-state index in [0.717, 1.165) is 18.8 Å². The Bertz CT molecular complexity index is 476. The molecule has 3 rings (SSSR count). The number of hydrogen-bond acceptors (Lipinski definition) is 2. The van der Waals surface area contributed by atoms with Gasteiger partial charge in [-0.2, -0.15) is 0 Å². The lowest BCUT2D eigenvalue weighted by Gasteiger charge is -2.32. The zero-order valence-electron chi connectivity index (χ0n) is 9.35. The van der Waals surface area contributed by atoms with Gasteiger partial charge in [0.25, 0.3) is 0 Å². The van der Waals surface area contributed by atoms with Gasteiger partial charge in [-0.1, -0.05) is 18.2 Å². The largest absolute Gasteiger partial charge is 0.374 e. The lowest BCUT2D eigenvalue weighted by atomic mass is 9.89. The number of imidazole rings is 1. The summed E-state index contributed by atoms with van der Waals surface area (Å²) in [6.45, 7) is 1.09. The lowest BCUT2D eigenvalue weighted by molar-refractivity contribution is 0.640. The molecule has 0 saturated carbocycles. The standard InChI is InChI=1S/C13H15N3/c1-16-9-6-11(13-14-7-8-15-13)10-4-2-3-5-12(10)16/h2-5,7-8,11H,6,9H2,1H3,(H,14,15)/t11-/m0/s1. The third-order valence-electron chi connectivity index (χ3n) is 3.33. The SMILES string of the molecule is CN1CC[C@H](c2ncc[nH]2)c2ccccc21. The van der Waals surface area contributed by atoms with Gasteiger partial charge in [-0.3, -0.25) is 0 Å². The molecule has 0 bridgehead atoms. The van der Waals surface area contributed by atoms with Crippen molar-refractivity contribution in [3.63, 3.8) is 0 Å². The molecule has 0 spiro atoms. The number of hydrogen-bond donors (Lipinski definition) is 1. The van der Waals surface area contributed by atoms with Crippen LogP contribution < -0.4 is 4.90 Å². The quantitative estimate of drug-likeness (QED) is 0.788. The van der Waals surface area contributed by atoms with Gasteiger partial charge in [0.15, 0.2) is 0 Å². The molecule has 1 aliphatic heterocycles. The fraction of sp³-hybridized carbons (Fsp3) is 0.308. The maximum atomic E-state index is 4.39. The highest BCUT2D eigenvalue weighted by Crippen LogP contribution is 2.36. The van der Waals surface area contributed by atoms with Crippen molar-refractivity contribution in [1.82, 2.24) is 9.97 Å². The molecule has 1 N–H and O–H groups in total. The van der Waals surface area contributed by atoms with Gasteiger partial charge in [0.2, 0.25) is 0 Å². The zero-order valence-corrected chi connectivity index (χ0v) is 9.35. The van der Waals surface area contributed by atoms with Crippen LogP contribution in [0.25, 0.3) is 0 Å². The Morgan fingerprint density at radius 1 is 1.38 bits per heavy atom. The smallest absolute Gasteiger partial charge is 0.113 e. The van der Waals surface area contributed by atoms with Crippen molar-refractivity contribution < 1.29 is 0 Å². The molecule has 1 aliphatic rings. The summed E-state index contributed by atoms with van der Waals surface area (Å²) in [4.78, 5) is 9.94. The number of aromatic nitrogens is 2. The van der Waals surface area contributed by atoms with Crippen molar-refractivity contribution in [2.45, 2.75) is 12.3 Å². The van der Waals surface area contributed by atoms with Crippen molar-refractivity contribution in [2.24, 2.45) is 0 Å². The predicted octanol–water partition coefficient (Wildman–Crippen LogP) is 2.38. The molecular weight excluding hydrogens is 198 g/mol. The molecule has 2 aromatic rings. The summed E-state index contributed by atoms with van der Waals surface area (Å²) in [5.41, 5.74) is 2.71. The first-order chi connectivity index (χ1) is 7.86. The minimum atomic E-state index is 0.419. The Morgan fingerprint density at radius 3 is 3.06 bits per heavy atom. The number of anilines is 1. The van der Waals surface area contributed by atoms with Crippen LogP contribution in [0.15, 0.2) is 36.7 Å². The summed E-state index contributed by atoms with van der Waals surface area (Å²) in [6.07, 6.45) is 4.85. The molecule has 3 heteroatoms. The molecule has 0 aliphatic carbocycles. The Balaban J connectivity index is 2.08. The summed E-state index contributed by atoms with van der Waals surface area (Å²) < 4.78 is 0. The maximum Gasteiger partial charge on any atom is 0.113 e. The van der Waals surface area contributed by atoms with Crippen LogP contribution in [0.5, 0.6) is 0 Å². The number of benzene rings is 1. The van der Waals surface area contributed by atoms with Gasteiger partial charge in [0, 0.05) is 37.6 Å². The van der Waals surface area contributed by atoms with Gasteiger partial charge in [0.1, 0.15) is 5.82 Å². The van der Waals surface area contributed by atoms with Crippen LogP contribution in [0.2, 0.25) is 0 Å². The van der Waals surface area contributed by atoms with E-state index in [4.69, 9.17) is 0 Å². The summed E-state index contributed by atoms with van der Waals surface area (Å²) in [5.74, 6) is 1.50. The van der Waals surface area contributed by atoms with Gasteiger partial charge in [-0.05, 0) is 18.1 Å². The van der Waals surface area contributed by atoms with E-state index < -0.39 is 0 Å². The first-order valence-electron chi connectivity index (χ1n) is 5.65. The Labute approximate surface area is 95.1 Å². The number of rotatable bonds is 1. The number of para-hydroxylation sites is 1. The van der Waals surface area contributed by atoms with Crippen LogP contribution >= 0.6 is 0 Å². The molecule has 2 heterocycles. The van der Waals surface area contributed by atoms with Crippen LogP contribution in [-0.2, 0) is 0 Å². The first-order valence-corrected chi connectivity index (χ1v) is 5.65. The first kappa shape index (κ1) is 9.46. The number of aromatic amines is 1. The average Bonchev–Trinajstić information content (AvgIpc) is 2.83. The molecule has 0 saturated heterocycles. The van der Waals surface area contributed by atoms with E-state index >= 15 is 0 Å². The summed E-state index contributed by atoms with van der Waals surface area (Å²) in [7, 11) is 2.15. The fourth-order valence-corrected chi connectivity index (χ4v) is 2.48. The molecule has 82 valence electrons. The zero-order chi connectivity index (χ0) is 11.0. The number of H-pyrrole nitrogens is 1. The third-order valence-corrected chi connectivity index (χ3v) is 3.33. The van der Waals surface area contributed by atoms with Crippen LogP contribution in [0.1, 0.15) is 23.7 Å². The lowest BCUT2D eigenvalue weighted by Crippen LogP contribution is -2.27. The van der Waals surface area contributed by atoms with Crippen LogP contribution in [0.4, 0.5) is 5.69 Å². The van der Waals surface area contributed by atoms with E-state index in [9.17, 15) is 0 Å². The van der Waals surface area contributed by atoms with Gasteiger partial charge >= 0.3 is 0 Å². The van der Waals surface area contributed by atoms with E-state index in [-0.39, 0.29) is 0 Å². The van der Waals surface area contributed by atoms with Crippen LogP contribution in [0, 0.1) is 0 Å². The van der Waals surface area contributed by atoms with Crippen molar-refractivity contribution >= 4 is 5.69 Å². The molecule has 1 aromatic carbocycles. The highest BCUT2D eigenvalue weighted by atomic mass is 15.1. The molecule has 0 amide bonds. The highest BCUT2D eigenvalue weighted by molar-refractivity contribution is 5.57. The van der Waals surface area contributed by atoms with E-state index in [1.807, 2.05) is 12.4 Å². The Kier molecular flexibility index (Phi) is 2.17. The number of nitrogens with zero attached hydrogens (tertiary/aromatic N) is 2. The third kappa shape index (κ3) is 1.40. The van der Waals surface area contributed by atoms with Gasteiger partial charge < -0.3 is 9.88 Å². The van der Waals surface area contributed by atoms with E-state index in [2.05, 4.69) is 46.2 Å². The second-order valence-electron chi connectivity index (χ2n) is 4.30. The maximum absolute atomic E-state index is 4.39. The molecule has 0 unspecified atom stereocenters. The molecule has 0 fully saturated rings. The number of nitrogens with one attached hydrogen (secondary N) is 1. The van der Waals surface area contributed by atoms with Gasteiger partial charge in [0.05, 0.1) is 0 Å². The summed E-state index contributed by atoms with van der Waals surface area (Å²) in [6, 6.07) is 8.59. The topological polar surface area (TPSA) is 31.9 Å². The second kappa shape index (κ2) is 3.67. The molecule has 0 radical (unpaired) electrons. The van der Waals surface area contributed by atoms with Crippen molar-refractivity contribution in [3.05, 3.63) is 48.0 Å². The van der Waals surface area contributed by atoms with E-state index in [0.29, 0.717) is 5.92 Å². The van der Waals surface area contributed by atoms with Crippen LogP contribution in [-0.4, -0.2) is 23.6 Å². The van der Waals surface area contributed by atoms with Crippen molar-refractivity contribution in [1.29, 1.82) is 0 Å². The molecule has 3 nitrogen and oxygen atoms in total. The second-order valence-corrected chi connectivity index (χ2v) is 4.30. The Hall–Kier alpha value is -1.77. The Morgan fingerprint density at radius 2 is 2.25 bits per heavy atom. The minimum absolute atomic E-state index is 0.419. The minimum Gasteiger partial charge on any atom is -0.374 e. The van der Waals surface area contributed by atoms with E-state index in [1.54, 1.807) is 0 Å².